The molecule has 1 heterocycles. The molecule has 1 aromatic rings. The fourth-order valence-corrected chi connectivity index (χ4v) is 1.84. The van der Waals surface area contributed by atoms with E-state index in [2.05, 4.69) is 0 Å². The maximum Gasteiger partial charge on any atom is 0.328 e. The molecule has 15 heavy (non-hydrogen) atoms. The van der Waals surface area contributed by atoms with Crippen LogP contribution in [0.2, 0.25) is 0 Å². The zero-order valence-electron chi connectivity index (χ0n) is 7.94. The second-order valence-electron chi connectivity index (χ2n) is 3.73. The van der Waals surface area contributed by atoms with Crippen LogP contribution in [-0.2, 0) is 0 Å². The number of aliphatic hydroxyl groups excluding tert-OH is 1. The van der Waals surface area contributed by atoms with E-state index in [-0.39, 0.29) is 18.6 Å². The van der Waals surface area contributed by atoms with Crippen molar-refractivity contribution in [2.75, 3.05) is 6.61 Å². The monoisotopic (exact) mass is 214 g/mol. The van der Waals surface area contributed by atoms with Gasteiger partial charge in [-0.3, -0.25) is 14.3 Å². The molecule has 1 saturated carbocycles. The summed E-state index contributed by atoms with van der Waals surface area (Å²) in [6.45, 7) is -0.0299. The molecule has 2 N–H and O–H groups in total. The largest absolute Gasteiger partial charge is 0.396 e. The first-order valence-electron chi connectivity index (χ1n) is 4.75. The maximum absolute atomic E-state index is 12.9. The first-order valence-corrected chi connectivity index (χ1v) is 4.75. The third kappa shape index (κ3) is 1.61. The van der Waals surface area contributed by atoms with Gasteiger partial charge in [-0.2, -0.15) is 4.39 Å². The van der Waals surface area contributed by atoms with E-state index in [1.807, 2.05) is 4.98 Å². The van der Waals surface area contributed by atoms with Crippen LogP contribution in [0.4, 0.5) is 4.39 Å². The van der Waals surface area contributed by atoms with Crippen LogP contribution in [0.1, 0.15) is 18.9 Å². The zero-order valence-corrected chi connectivity index (χ0v) is 7.94. The Morgan fingerprint density at radius 2 is 2.27 bits per heavy atom. The predicted molar refractivity (Wildman–Crippen MR) is 50.1 cm³/mol. The van der Waals surface area contributed by atoms with Crippen LogP contribution < -0.4 is 11.2 Å². The van der Waals surface area contributed by atoms with Crippen LogP contribution in [0.15, 0.2) is 15.8 Å². The van der Waals surface area contributed by atoms with Gasteiger partial charge in [0.1, 0.15) is 0 Å². The molecule has 0 unspecified atom stereocenters. The minimum Gasteiger partial charge on any atom is -0.396 e. The van der Waals surface area contributed by atoms with E-state index < -0.39 is 17.1 Å². The summed E-state index contributed by atoms with van der Waals surface area (Å²) in [4.78, 5) is 24.0. The Kier molecular flexibility index (Phi) is 2.44. The Balaban J connectivity index is 2.41. The number of aromatic nitrogens is 2. The second kappa shape index (κ2) is 3.62. The fraction of sp³-hybridized carbons (Fsp3) is 0.556. The number of hydrogen-bond donors (Lipinski definition) is 2. The third-order valence-corrected chi connectivity index (χ3v) is 2.89. The average Bonchev–Trinajstić information content (AvgIpc) is 2.13. The number of nitrogens with zero attached hydrogens (tertiary/aromatic N) is 1. The molecule has 2 atom stereocenters. The maximum atomic E-state index is 12.9. The van der Waals surface area contributed by atoms with Crippen LogP contribution in [0.25, 0.3) is 0 Å². The minimum atomic E-state index is -1.00. The van der Waals surface area contributed by atoms with Crippen molar-refractivity contribution in [3.8, 4) is 0 Å². The van der Waals surface area contributed by atoms with Gasteiger partial charge in [0.15, 0.2) is 0 Å². The number of nitrogens with one attached hydrogen (secondary N) is 1. The van der Waals surface area contributed by atoms with Crippen LogP contribution in [0.3, 0.4) is 0 Å². The summed E-state index contributed by atoms with van der Waals surface area (Å²) < 4.78 is 14.1. The SMILES string of the molecule is O=c1[nH]c(=O)n([C@@H]2CC[C@@H]2CO)cc1F. The molecule has 0 saturated heterocycles. The molecule has 1 aromatic heterocycles. The lowest BCUT2D eigenvalue weighted by Gasteiger charge is -2.36. The van der Waals surface area contributed by atoms with Gasteiger partial charge in [0, 0.05) is 18.6 Å². The Bertz CT molecular complexity index is 477. The molecular weight excluding hydrogens is 203 g/mol. The Morgan fingerprint density at radius 1 is 1.53 bits per heavy atom. The van der Waals surface area contributed by atoms with E-state index in [1.165, 1.54) is 0 Å². The summed E-state index contributed by atoms with van der Waals surface area (Å²) >= 11 is 0. The summed E-state index contributed by atoms with van der Waals surface area (Å²) in [5.74, 6) is -0.994. The molecular formula is C9H11FN2O3. The van der Waals surface area contributed by atoms with Crippen molar-refractivity contribution < 1.29 is 9.50 Å². The lowest BCUT2D eigenvalue weighted by molar-refractivity contribution is 0.0933. The van der Waals surface area contributed by atoms with Crippen molar-refractivity contribution in [3.05, 3.63) is 32.9 Å². The van der Waals surface area contributed by atoms with E-state index >= 15 is 0 Å². The van der Waals surface area contributed by atoms with Gasteiger partial charge in [-0.05, 0) is 12.8 Å². The summed E-state index contributed by atoms with van der Waals surface area (Å²) in [5, 5.41) is 8.95. The highest BCUT2D eigenvalue weighted by Gasteiger charge is 2.32. The molecule has 0 radical (unpaired) electrons. The smallest absolute Gasteiger partial charge is 0.328 e. The van der Waals surface area contributed by atoms with E-state index in [4.69, 9.17) is 5.11 Å². The minimum absolute atomic E-state index is 0.0204. The normalized spacial score (nSPS) is 24.9. The standard InChI is InChI=1S/C9H11FN2O3/c10-6-3-12(9(15)11-8(6)14)7-2-1-5(7)4-13/h3,5,7,13H,1-2,4H2,(H,11,14,15)/t5-,7-/m1/s1. The molecule has 1 fully saturated rings. The highest BCUT2D eigenvalue weighted by atomic mass is 19.1. The molecule has 6 heteroatoms. The molecule has 0 aromatic carbocycles. The number of halogens is 1. The van der Waals surface area contributed by atoms with Gasteiger partial charge in [0.05, 0.1) is 6.20 Å². The average molecular weight is 214 g/mol. The van der Waals surface area contributed by atoms with Gasteiger partial charge in [-0.15, -0.1) is 0 Å². The lowest BCUT2D eigenvalue weighted by atomic mass is 9.80. The summed E-state index contributed by atoms with van der Waals surface area (Å²) in [5.41, 5.74) is -1.62. The molecule has 1 aliphatic rings. The Morgan fingerprint density at radius 3 is 2.80 bits per heavy atom. The highest BCUT2D eigenvalue weighted by molar-refractivity contribution is 4.94. The molecule has 0 spiro atoms. The number of hydrogen-bond acceptors (Lipinski definition) is 3. The first kappa shape index (κ1) is 10.1. The van der Waals surface area contributed by atoms with Gasteiger partial charge in [0.25, 0.3) is 5.56 Å². The van der Waals surface area contributed by atoms with Crippen LogP contribution in [0, 0.1) is 11.7 Å². The van der Waals surface area contributed by atoms with Crippen molar-refractivity contribution in [1.29, 1.82) is 0 Å². The third-order valence-electron chi connectivity index (χ3n) is 2.89. The Hall–Kier alpha value is -1.43. The van der Waals surface area contributed by atoms with Crippen LogP contribution in [0.5, 0.6) is 0 Å². The van der Waals surface area contributed by atoms with Crippen molar-refractivity contribution >= 4 is 0 Å². The van der Waals surface area contributed by atoms with Crippen molar-refractivity contribution in [1.82, 2.24) is 9.55 Å². The van der Waals surface area contributed by atoms with Crippen LogP contribution >= 0.6 is 0 Å². The zero-order chi connectivity index (χ0) is 11.0. The highest BCUT2D eigenvalue weighted by Crippen LogP contribution is 2.36. The van der Waals surface area contributed by atoms with Gasteiger partial charge >= 0.3 is 5.69 Å². The number of H-pyrrole nitrogens is 1. The molecule has 1 aliphatic carbocycles. The predicted octanol–water partition coefficient (Wildman–Crippen LogP) is -0.381. The van der Waals surface area contributed by atoms with Crippen molar-refractivity contribution in [2.24, 2.45) is 5.92 Å². The van der Waals surface area contributed by atoms with Crippen molar-refractivity contribution in [2.45, 2.75) is 18.9 Å². The molecule has 0 aliphatic heterocycles. The Labute approximate surface area is 84.2 Å². The fourth-order valence-electron chi connectivity index (χ4n) is 1.84. The van der Waals surface area contributed by atoms with Gasteiger partial charge in [-0.1, -0.05) is 0 Å². The first-order chi connectivity index (χ1) is 7.13. The molecule has 82 valence electrons. The lowest BCUT2D eigenvalue weighted by Crippen LogP contribution is -2.41. The molecule has 5 nitrogen and oxygen atoms in total. The second-order valence-corrected chi connectivity index (χ2v) is 3.73. The van der Waals surface area contributed by atoms with E-state index in [1.54, 1.807) is 0 Å². The number of rotatable bonds is 2. The molecule has 0 amide bonds. The summed E-state index contributed by atoms with van der Waals surface area (Å²) in [6, 6.07) is -0.200. The number of aliphatic hydroxyl groups is 1. The van der Waals surface area contributed by atoms with Crippen LogP contribution in [-0.4, -0.2) is 21.3 Å². The van der Waals surface area contributed by atoms with E-state index in [0.29, 0.717) is 0 Å². The summed E-state index contributed by atoms with van der Waals surface area (Å²) in [6.07, 6.45) is 2.44. The topological polar surface area (TPSA) is 75.1 Å². The van der Waals surface area contributed by atoms with E-state index in [0.717, 1.165) is 23.6 Å². The van der Waals surface area contributed by atoms with Gasteiger partial charge in [0.2, 0.25) is 5.82 Å². The number of aromatic amines is 1. The van der Waals surface area contributed by atoms with E-state index in [9.17, 15) is 14.0 Å². The van der Waals surface area contributed by atoms with Gasteiger partial charge in [-0.25, -0.2) is 4.79 Å². The molecule has 0 bridgehead atoms. The van der Waals surface area contributed by atoms with Crippen molar-refractivity contribution in [3.63, 3.8) is 0 Å². The van der Waals surface area contributed by atoms with Gasteiger partial charge < -0.3 is 5.11 Å². The summed E-state index contributed by atoms with van der Waals surface area (Å²) in [7, 11) is 0. The molecule has 2 rings (SSSR count). The quantitative estimate of drug-likeness (QED) is 0.704.